The first-order valence-corrected chi connectivity index (χ1v) is 7.20. The number of hydrogen-bond donors (Lipinski definition) is 2. The van der Waals surface area contributed by atoms with Crippen molar-refractivity contribution in [2.75, 3.05) is 6.54 Å². The van der Waals surface area contributed by atoms with Crippen molar-refractivity contribution in [2.45, 2.75) is 32.4 Å². The fraction of sp³-hybridized carbons (Fsp3) is 0.500. The van der Waals surface area contributed by atoms with Crippen LogP contribution in [-0.2, 0) is 11.3 Å². The summed E-state index contributed by atoms with van der Waals surface area (Å²) in [6.45, 7) is 3.68. The summed E-state index contributed by atoms with van der Waals surface area (Å²) in [6.07, 6.45) is 1.87. The molecule has 1 saturated heterocycles. The minimum atomic E-state index is 0. The number of piperidine rings is 1. The smallest absolute Gasteiger partial charge is 0.223 e. The number of hydrogen-bond acceptors (Lipinski definition) is 2. The topological polar surface area (TPSA) is 41.1 Å². The van der Waals surface area contributed by atoms with E-state index in [-0.39, 0.29) is 24.2 Å². The summed E-state index contributed by atoms with van der Waals surface area (Å²) in [5.74, 6) is 0.344. The molecule has 3 nitrogen and oxygen atoms in total. The summed E-state index contributed by atoms with van der Waals surface area (Å²) in [5, 5.41) is 6.39. The van der Waals surface area contributed by atoms with Crippen LogP contribution in [0.2, 0.25) is 0 Å². The third-order valence-electron chi connectivity index (χ3n) is 3.35. The van der Waals surface area contributed by atoms with E-state index < -0.39 is 0 Å². The van der Waals surface area contributed by atoms with Crippen LogP contribution in [0.5, 0.6) is 0 Å². The van der Waals surface area contributed by atoms with E-state index in [1.165, 1.54) is 0 Å². The van der Waals surface area contributed by atoms with Gasteiger partial charge in [-0.05, 0) is 44.0 Å². The lowest BCUT2D eigenvalue weighted by atomic mass is 9.92. The minimum absolute atomic E-state index is 0. The minimum Gasteiger partial charge on any atom is -0.352 e. The van der Waals surface area contributed by atoms with E-state index in [1.54, 1.807) is 0 Å². The molecule has 0 bridgehead atoms. The van der Waals surface area contributed by atoms with Gasteiger partial charge in [-0.2, -0.15) is 0 Å². The highest BCUT2D eigenvalue weighted by atomic mass is 79.9. The predicted molar refractivity (Wildman–Crippen MR) is 83.4 cm³/mol. The largest absolute Gasteiger partial charge is 0.352 e. The van der Waals surface area contributed by atoms with Gasteiger partial charge in [-0.15, -0.1) is 12.4 Å². The standard InChI is InChI=1S/C14H19BrN2O.ClH/c1-10-7-12(5-6-16-10)14(18)17-9-11-3-2-4-13(15)8-11;/h2-4,8,10,12,16H,5-7,9H2,1H3,(H,17,18);1H/t10-,12-;/m0./s1. The van der Waals surface area contributed by atoms with Crippen LogP contribution >= 0.6 is 28.3 Å². The SMILES string of the molecule is C[C@H]1C[C@@H](C(=O)NCc2cccc(Br)c2)CCN1.Cl. The molecule has 106 valence electrons. The Kier molecular flexibility index (Phi) is 6.83. The van der Waals surface area contributed by atoms with E-state index in [4.69, 9.17) is 0 Å². The lowest BCUT2D eigenvalue weighted by molar-refractivity contribution is -0.126. The Balaban J connectivity index is 0.00000180. The van der Waals surface area contributed by atoms with Gasteiger partial charge in [0.25, 0.3) is 0 Å². The summed E-state index contributed by atoms with van der Waals surface area (Å²) >= 11 is 3.43. The molecular weight excluding hydrogens is 328 g/mol. The number of halogens is 2. The van der Waals surface area contributed by atoms with Crippen molar-refractivity contribution in [3.8, 4) is 0 Å². The Labute approximate surface area is 129 Å². The highest BCUT2D eigenvalue weighted by molar-refractivity contribution is 9.10. The molecule has 2 rings (SSSR count). The van der Waals surface area contributed by atoms with Gasteiger partial charge in [0.2, 0.25) is 5.91 Å². The summed E-state index contributed by atoms with van der Waals surface area (Å²) in [7, 11) is 0. The number of carbonyl (C=O) groups is 1. The van der Waals surface area contributed by atoms with Gasteiger partial charge < -0.3 is 10.6 Å². The first kappa shape index (κ1) is 16.5. The molecule has 0 unspecified atom stereocenters. The molecule has 1 aliphatic heterocycles. The molecule has 1 fully saturated rings. The number of nitrogens with one attached hydrogen (secondary N) is 2. The monoisotopic (exact) mass is 346 g/mol. The summed E-state index contributed by atoms with van der Waals surface area (Å²) in [6, 6.07) is 8.47. The molecule has 19 heavy (non-hydrogen) atoms. The van der Waals surface area contributed by atoms with Crippen LogP contribution in [0.4, 0.5) is 0 Å². The highest BCUT2D eigenvalue weighted by Crippen LogP contribution is 2.16. The maximum atomic E-state index is 12.1. The van der Waals surface area contributed by atoms with Gasteiger partial charge in [0.05, 0.1) is 0 Å². The van der Waals surface area contributed by atoms with Crippen molar-refractivity contribution in [1.82, 2.24) is 10.6 Å². The number of carbonyl (C=O) groups excluding carboxylic acids is 1. The van der Waals surface area contributed by atoms with Crippen molar-refractivity contribution in [1.29, 1.82) is 0 Å². The number of rotatable bonds is 3. The van der Waals surface area contributed by atoms with Gasteiger partial charge in [0.1, 0.15) is 0 Å². The molecule has 0 aliphatic carbocycles. The second kappa shape index (κ2) is 7.88. The summed E-state index contributed by atoms with van der Waals surface area (Å²) in [4.78, 5) is 12.1. The van der Waals surface area contributed by atoms with Gasteiger partial charge in [0, 0.05) is 23.0 Å². The van der Waals surface area contributed by atoms with Gasteiger partial charge in [0.15, 0.2) is 0 Å². The van der Waals surface area contributed by atoms with Crippen LogP contribution in [0.1, 0.15) is 25.3 Å². The number of amides is 1. The molecule has 0 spiro atoms. The average molecular weight is 348 g/mol. The molecule has 1 aromatic carbocycles. The Morgan fingerprint density at radius 1 is 1.53 bits per heavy atom. The van der Waals surface area contributed by atoms with Crippen LogP contribution in [0.3, 0.4) is 0 Å². The molecule has 0 aromatic heterocycles. The van der Waals surface area contributed by atoms with Gasteiger partial charge in [-0.1, -0.05) is 28.1 Å². The first-order chi connectivity index (χ1) is 8.65. The third-order valence-corrected chi connectivity index (χ3v) is 3.84. The Bertz CT molecular complexity index is 428. The highest BCUT2D eigenvalue weighted by Gasteiger charge is 2.24. The molecule has 0 radical (unpaired) electrons. The fourth-order valence-electron chi connectivity index (χ4n) is 2.35. The van der Waals surface area contributed by atoms with Crippen molar-refractivity contribution in [3.05, 3.63) is 34.3 Å². The summed E-state index contributed by atoms with van der Waals surface area (Å²) in [5.41, 5.74) is 1.12. The van der Waals surface area contributed by atoms with Gasteiger partial charge >= 0.3 is 0 Å². The predicted octanol–water partition coefficient (Wildman–Crippen LogP) is 2.88. The summed E-state index contributed by atoms with van der Waals surface area (Å²) < 4.78 is 1.05. The maximum Gasteiger partial charge on any atom is 0.223 e. The van der Waals surface area contributed by atoms with Gasteiger partial charge in [-0.3, -0.25) is 4.79 Å². The second-order valence-electron chi connectivity index (χ2n) is 4.92. The molecule has 1 aromatic rings. The van der Waals surface area contributed by atoms with Crippen LogP contribution in [0, 0.1) is 5.92 Å². The Morgan fingerprint density at radius 2 is 2.32 bits per heavy atom. The molecule has 1 amide bonds. The first-order valence-electron chi connectivity index (χ1n) is 6.40. The van der Waals surface area contributed by atoms with Crippen molar-refractivity contribution in [3.63, 3.8) is 0 Å². The maximum absolute atomic E-state index is 12.1. The lowest BCUT2D eigenvalue weighted by Crippen LogP contribution is -2.42. The van der Waals surface area contributed by atoms with Gasteiger partial charge in [-0.25, -0.2) is 0 Å². The molecule has 2 atom stereocenters. The van der Waals surface area contributed by atoms with E-state index >= 15 is 0 Å². The Hall–Kier alpha value is -0.580. The molecular formula is C14H20BrClN2O. The molecule has 0 saturated carbocycles. The van der Waals surface area contributed by atoms with Crippen molar-refractivity contribution >= 4 is 34.2 Å². The normalized spacial score (nSPS) is 22.4. The van der Waals surface area contributed by atoms with Crippen LogP contribution in [0.25, 0.3) is 0 Å². The van der Waals surface area contributed by atoms with E-state index in [2.05, 4.69) is 33.5 Å². The van der Waals surface area contributed by atoms with Crippen LogP contribution in [0.15, 0.2) is 28.7 Å². The van der Waals surface area contributed by atoms with E-state index in [0.717, 1.165) is 29.4 Å². The average Bonchev–Trinajstić information content (AvgIpc) is 2.36. The second-order valence-corrected chi connectivity index (χ2v) is 5.84. The van der Waals surface area contributed by atoms with E-state index in [9.17, 15) is 4.79 Å². The molecule has 1 heterocycles. The van der Waals surface area contributed by atoms with Crippen LogP contribution < -0.4 is 10.6 Å². The zero-order valence-corrected chi connectivity index (χ0v) is 13.4. The lowest BCUT2D eigenvalue weighted by Gasteiger charge is -2.27. The zero-order chi connectivity index (χ0) is 13.0. The van der Waals surface area contributed by atoms with Crippen LogP contribution in [-0.4, -0.2) is 18.5 Å². The van der Waals surface area contributed by atoms with E-state index in [1.807, 2.05) is 24.3 Å². The quantitative estimate of drug-likeness (QED) is 0.883. The third kappa shape index (κ3) is 5.13. The van der Waals surface area contributed by atoms with Crippen molar-refractivity contribution < 1.29 is 4.79 Å². The zero-order valence-electron chi connectivity index (χ0n) is 11.0. The van der Waals surface area contributed by atoms with E-state index in [0.29, 0.717) is 12.6 Å². The number of benzene rings is 1. The Morgan fingerprint density at radius 3 is 3.00 bits per heavy atom. The fourth-order valence-corrected chi connectivity index (χ4v) is 2.80. The molecule has 2 N–H and O–H groups in total. The molecule has 5 heteroatoms. The van der Waals surface area contributed by atoms with Crippen molar-refractivity contribution in [2.24, 2.45) is 5.92 Å². The molecule has 1 aliphatic rings.